The van der Waals surface area contributed by atoms with Crippen molar-refractivity contribution in [1.29, 1.82) is 0 Å². The van der Waals surface area contributed by atoms with Crippen LogP contribution in [0.5, 0.6) is 0 Å². The van der Waals surface area contributed by atoms with Crippen molar-refractivity contribution in [2.45, 2.75) is 32.2 Å². The molecule has 2 atom stereocenters. The number of nitrogens with two attached hydrogens (primary N) is 1. The lowest BCUT2D eigenvalue weighted by atomic mass is 10.0. The number of anilines is 2. The summed E-state index contributed by atoms with van der Waals surface area (Å²) in [5.41, 5.74) is 8.34. The van der Waals surface area contributed by atoms with Crippen molar-refractivity contribution in [2.24, 2.45) is 11.7 Å². The van der Waals surface area contributed by atoms with Crippen LogP contribution < -0.4 is 15.8 Å². The molecule has 2 unspecified atom stereocenters. The molecule has 0 spiro atoms. The second-order valence-corrected chi connectivity index (χ2v) is 7.33. The van der Waals surface area contributed by atoms with Gasteiger partial charge in [-0.25, -0.2) is 8.42 Å². The molecule has 1 aliphatic rings. The van der Waals surface area contributed by atoms with Gasteiger partial charge in [-0.05, 0) is 56.0 Å². The molecule has 0 aliphatic heterocycles. The van der Waals surface area contributed by atoms with Crippen molar-refractivity contribution in [3.8, 4) is 0 Å². The molecule has 1 aromatic rings. The minimum absolute atomic E-state index is 0.424. The Bertz CT molecular complexity index is 572. The zero-order valence-corrected chi connectivity index (χ0v) is 12.8. The van der Waals surface area contributed by atoms with E-state index >= 15 is 0 Å². The van der Waals surface area contributed by atoms with Gasteiger partial charge in [0.2, 0.25) is 10.0 Å². The summed E-state index contributed by atoms with van der Waals surface area (Å²) in [4.78, 5) is 0. The fourth-order valence-corrected chi connectivity index (χ4v) is 3.42. The molecule has 0 aromatic heterocycles. The molecule has 1 aromatic carbocycles. The number of benzene rings is 1. The molecule has 0 bridgehead atoms. The molecular weight excluding hydrogens is 274 g/mol. The standard InChI is InChI=1S/C14H23N3O2S/c1-10-8-12(6-7-13(10)17-20(2,18)19)16-14-5-3-4-11(14)9-15/h6-8,11,14,16-17H,3-5,9,15H2,1-2H3. The molecule has 0 saturated heterocycles. The normalized spacial score (nSPS) is 22.8. The monoisotopic (exact) mass is 297 g/mol. The Balaban J connectivity index is 2.09. The van der Waals surface area contributed by atoms with Gasteiger partial charge in [0.05, 0.1) is 11.9 Å². The maximum atomic E-state index is 11.3. The van der Waals surface area contributed by atoms with Gasteiger partial charge in [0.15, 0.2) is 0 Å². The van der Waals surface area contributed by atoms with Crippen LogP contribution in [0.4, 0.5) is 11.4 Å². The summed E-state index contributed by atoms with van der Waals surface area (Å²) in [5, 5.41) is 3.52. The first-order chi connectivity index (χ1) is 9.39. The first-order valence-corrected chi connectivity index (χ1v) is 8.83. The summed E-state index contributed by atoms with van der Waals surface area (Å²) in [6, 6.07) is 6.10. The van der Waals surface area contributed by atoms with E-state index in [1.807, 2.05) is 19.1 Å². The van der Waals surface area contributed by atoms with Crippen molar-refractivity contribution in [2.75, 3.05) is 22.8 Å². The minimum Gasteiger partial charge on any atom is -0.382 e. The Labute approximate surface area is 121 Å². The smallest absolute Gasteiger partial charge is 0.229 e. The van der Waals surface area contributed by atoms with Crippen LogP contribution in [0.15, 0.2) is 18.2 Å². The second kappa shape index (κ2) is 6.01. The zero-order valence-electron chi connectivity index (χ0n) is 12.0. The van der Waals surface area contributed by atoms with Gasteiger partial charge < -0.3 is 11.1 Å². The van der Waals surface area contributed by atoms with Gasteiger partial charge in [-0.2, -0.15) is 0 Å². The van der Waals surface area contributed by atoms with Crippen molar-refractivity contribution in [3.05, 3.63) is 23.8 Å². The summed E-state index contributed by atoms with van der Waals surface area (Å²) in [6.45, 7) is 2.61. The van der Waals surface area contributed by atoms with Crippen molar-refractivity contribution >= 4 is 21.4 Å². The summed E-state index contributed by atoms with van der Waals surface area (Å²) >= 11 is 0. The van der Waals surface area contributed by atoms with Gasteiger partial charge in [0.25, 0.3) is 0 Å². The van der Waals surface area contributed by atoms with E-state index in [0.29, 0.717) is 24.2 Å². The van der Waals surface area contributed by atoms with Gasteiger partial charge in [0, 0.05) is 11.7 Å². The van der Waals surface area contributed by atoms with Crippen LogP contribution in [0.1, 0.15) is 24.8 Å². The van der Waals surface area contributed by atoms with Gasteiger partial charge in [-0.15, -0.1) is 0 Å². The fraction of sp³-hybridized carbons (Fsp3) is 0.571. The van der Waals surface area contributed by atoms with Gasteiger partial charge in [-0.1, -0.05) is 6.42 Å². The molecule has 112 valence electrons. The number of sulfonamides is 1. The SMILES string of the molecule is Cc1cc(NC2CCCC2CN)ccc1NS(C)(=O)=O. The number of aryl methyl sites for hydroxylation is 1. The molecule has 4 N–H and O–H groups in total. The number of rotatable bonds is 5. The Hall–Kier alpha value is -1.27. The first kappa shape index (κ1) is 15.1. The van der Waals surface area contributed by atoms with Crippen LogP contribution in [0, 0.1) is 12.8 Å². The third kappa shape index (κ3) is 3.86. The highest BCUT2D eigenvalue weighted by molar-refractivity contribution is 7.92. The van der Waals surface area contributed by atoms with Crippen LogP contribution in [0.3, 0.4) is 0 Å². The average molecular weight is 297 g/mol. The number of hydrogen-bond acceptors (Lipinski definition) is 4. The van der Waals surface area contributed by atoms with E-state index in [9.17, 15) is 8.42 Å². The number of hydrogen-bond donors (Lipinski definition) is 3. The molecule has 1 saturated carbocycles. The largest absolute Gasteiger partial charge is 0.382 e. The highest BCUT2D eigenvalue weighted by Gasteiger charge is 2.25. The number of nitrogens with one attached hydrogen (secondary N) is 2. The molecule has 0 heterocycles. The third-order valence-electron chi connectivity index (χ3n) is 3.84. The molecule has 5 nitrogen and oxygen atoms in total. The summed E-state index contributed by atoms with van der Waals surface area (Å²) in [7, 11) is -3.23. The summed E-state index contributed by atoms with van der Waals surface area (Å²) in [5.74, 6) is 0.532. The Morgan fingerprint density at radius 1 is 1.35 bits per heavy atom. The third-order valence-corrected chi connectivity index (χ3v) is 4.43. The van der Waals surface area contributed by atoms with E-state index in [-0.39, 0.29) is 0 Å². The van der Waals surface area contributed by atoms with Crippen molar-refractivity contribution < 1.29 is 8.42 Å². The lowest BCUT2D eigenvalue weighted by Crippen LogP contribution is -2.29. The Morgan fingerprint density at radius 3 is 2.70 bits per heavy atom. The first-order valence-electron chi connectivity index (χ1n) is 6.94. The average Bonchev–Trinajstić information content (AvgIpc) is 2.78. The Kier molecular flexibility index (Phi) is 4.55. The van der Waals surface area contributed by atoms with Crippen LogP contribution in [-0.2, 0) is 10.0 Å². The Morgan fingerprint density at radius 2 is 2.10 bits per heavy atom. The van der Waals surface area contributed by atoms with Crippen LogP contribution in [0.2, 0.25) is 0 Å². The van der Waals surface area contributed by atoms with Crippen molar-refractivity contribution in [3.63, 3.8) is 0 Å². The predicted octanol–water partition coefficient (Wildman–Crippen LogP) is 1.91. The molecule has 0 amide bonds. The van der Waals surface area contributed by atoms with Crippen LogP contribution >= 0.6 is 0 Å². The van der Waals surface area contributed by atoms with Gasteiger partial charge in [0.1, 0.15) is 0 Å². The van der Waals surface area contributed by atoms with E-state index in [2.05, 4.69) is 10.0 Å². The summed E-state index contributed by atoms with van der Waals surface area (Å²) < 4.78 is 25.0. The van der Waals surface area contributed by atoms with E-state index in [1.165, 1.54) is 12.8 Å². The van der Waals surface area contributed by atoms with Gasteiger partial charge >= 0.3 is 0 Å². The maximum absolute atomic E-state index is 11.3. The quantitative estimate of drug-likeness (QED) is 0.775. The summed E-state index contributed by atoms with van der Waals surface area (Å²) in [6.07, 6.45) is 4.69. The van der Waals surface area contributed by atoms with Crippen LogP contribution in [-0.4, -0.2) is 27.3 Å². The lowest BCUT2D eigenvalue weighted by molar-refractivity contribution is 0.516. The maximum Gasteiger partial charge on any atom is 0.229 e. The molecule has 1 fully saturated rings. The van der Waals surface area contributed by atoms with E-state index in [0.717, 1.165) is 23.9 Å². The van der Waals surface area contributed by atoms with Gasteiger partial charge in [-0.3, -0.25) is 4.72 Å². The molecule has 6 heteroatoms. The van der Waals surface area contributed by atoms with E-state index in [1.54, 1.807) is 6.07 Å². The molecule has 0 radical (unpaired) electrons. The lowest BCUT2D eigenvalue weighted by Gasteiger charge is -2.21. The van der Waals surface area contributed by atoms with E-state index < -0.39 is 10.0 Å². The molecule has 20 heavy (non-hydrogen) atoms. The zero-order chi connectivity index (χ0) is 14.8. The fourth-order valence-electron chi connectivity index (χ4n) is 2.79. The molecular formula is C14H23N3O2S. The highest BCUT2D eigenvalue weighted by atomic mass is 32.2. The van der Waals surface area contributed by atoms with Crippen LogP contribution in [0.25, 0.3) is 0 Å². The molecule has 2 rings (SSSR count). The predicted molar refractivity (Wildman–Crippen MR) is 83.5 cm³/mol. The molecule has 1 aliphatic carbocycles. The van der Waals surface area contributed by atoms with Crippen molar-refractivity contribution in [1.82, 2.24) is 0 Å². The minimum atomic E-state index is -3.23. The topological polar surface area (TPSA) is 84.2 Å². The highest BCUT2D eigenvalue weighted by Crippen LogP contribution is 2.29. The van der Waals surface area contributed by atoms with E-state index in [4.69, 9.17) is 5.73 Å². The second-order valence-electron chi connectivity index (χ2n) is 5.58.